The molecule has 3 N–H and O–H groups in total. The second-order valence-corrected chi connectivity index (χ2v) is 11.3. The van der Waals surface area contributed by atoms with Crippen molar-refractivity contribution in [3.05, 3.63) is 28.5 Å². The van der Waals surface area contributed by atoms with Crippen LogP contribution in [0.25, 0.3) is 10.4 Å². The Balaban J connectivity index is 2.07. The highest BCUT2D eigenvalue weighted by atomic mass is 32.1. The summed E-state index contributed by atoms with van der Waals surface area (Å²) < 4.78 is 28.5. The summed E-state index contributed by atoms with van der Waals surface area (Å²) in [6.45, 7) is 11.5. The topological polar surface area (TPSA) is 107 Å². The molecule has 198 valence electrons. The highest BCUT2D eigenvalue weighted by Crippen LogP contribution is 2.39. The zero-order valence-corrected chi connectivity index (χ0v) is 22.4. The summed E-state index contributed by atoms with van der Waals surface area (Å²) in [6.07, 6.45) is 0.153. The average molecular weight is 524 g/mol. The standard InChI is InChI=1S/C25H35F2N5O3S/c1-13(2)15(4)30-18-10-16(21(26)27)17(11-28-18)20-19(24(34)32-9-7-8-14(32)3)31-23(36-20)22(33)29-12-25(5,6)35/h10-11,13-15,21,35H,7-9,12H2,1-6H3,(H,28,30)(H,29,33)/t14-,15?/m0/s1. The number of aliphatic hydroxyl groups is 1. The number of rotatable bonds is 9. The van der Waals surface area contributed by atoms with Gasteiger partial charge in [0.05, 0.1) is 10.5 Å². The van der Waals surface area contributed by atoms with E-state index in [-0.39, 0.29) is 51.3 Å². The molecular weight excluding hydrogens is 488 g/mol. The number of thiazole rings is 1. The first-order chi connectivity index (χ1) is 16.8. The van der Waals surface area contributed by atoms with Crippen molar-refractivity contribution in [2.45, 2.75) is 78.5 Å². The van der Waals surface area contributed by atoms with Crippen LogP contribution in [-0.2, 0) is 0 Å². The molecule has 2 amide bonds. The second kappa shape index (κ2) is 11.2. The normalized spacial score (nSPS) is 17.1. The number of carbonyl (C=O) groups is 2. The average Bonchev–Trinajstić information content (AvgIpc) is 3.43. The first-order valence-corrected chi connectivity index (χ1v) is 13.0. The number of likely N-dealkylation sites (tertiary alicyclic amines) is 1. The Kier molecular flexibility index (Phi) is 8.66. The van der Waals surface area contributed by atoms with E-state index in [0.717, 1.165) is 24.2 Å². The van der Waals surface area contributed by atoms with E-state index < -0.39 is 23.8 Å². The van der Waals surface area contributed by atoms with Gasteiger partial charge in [-0.3, -0.25) is 9.59 Å². The van der Waals surface area contributed by atoms with Crippen molar-refractivity contribution in [1.29, 1.82) is 0 Å². The van der Waals surface area contributed by atoms with Gasteiger partial charge in [0.1, 0.15) is 11.5 Å². The first-order valence-electron chi connectivity index (χ1n) is 12.2. The fourth-order valence-electron chi connectivity index (χ4n) is 3.81. The van der Waals surface area contributed by atoms with Gasteiger partial charge < -0.3 is 20.6 Å². The summed E-state index contributed by atoms with van der Waals surface area (Å²) in [6, 6.07) is 1.28. The van der Waals surface area contributed by atoms with E-state index in [4.69, 9.17) is 0 Å². The number of anilines is 1. The Morgan fingerprint density at radius 1 is 1.31 bits per heavy atom. The van der Waals surface area contributed by atoms with Crippen molar-refractivity contribution < 1.29 is 23.5 Å². The maximum absolute atomic E-state index is 14.2. The zero-order chi connectivity index (χ0) is 26.8. The van der Waals surface area contributed by atoms with Crippen LogP contribution in [0.2, 0.25) is 0 Å². The van der Waals surface area contributed by atoms with Crippen molar-refractivity contribution >= 4 is 29.0 Å². The molecule has 1 unspecified atom stereocenters. The number of amides is 2. The number of nitrogens with zero attached hydrogens (tertiary/aromatic N) is 3. The molecule has 11 heteroatoms. The molecule has 3 heterocycles. The zero-order valence-electron chi connectivity index (χ0n) is 21.6. The molecule has 0 aromatic carbocycles. The Bertz CT molecular complexity index is 1100. The van der Waals surface area contributed by atoms with Gasteiger partial charge >= 0.3 is 0 Å². The lowest BCUT2D eigenvalue weighted by Crippen LogP contribution is -2.38. The third kappa shape index (κ3) is 6.56. The number of hydrogen-bond donors (Lipinski definition) is 3. The fraction of sp³-hybridized carbons (Fsp3) is 0.600. The Hall–Kier alpha value is -2.66. The molecule has 2 atom stereocenters. The number of carbonyl (C=O) groups excluding carboxylic acids is 2. The number of pyridine rings is 1. The molecule has 1 saturated heterocycles. The summed E-state index contributed by atoms with van der Waals surface area (Å²) in [4.78, 5) is 36.7. The summed E-state index contributed by atoms with van der Waals surface area (Å²) in [5, 5.41) is 15.6. The van der Waals surface area contributed by atoms with E-state index in [1.54, 1.807) is 18.7 Å². The van der Waals surface area contributed by atoms with Crippen LogP contribution in [0.15, 0.2) is 12.3 Å². The summed E-state index contributed by atoms with van der Waals surface area (Å²) in [5.41, 5.74) is -1.41. The minimum Gasteiger partial charge on any atom is -0.389 e. The van der Waals surface area contributed by atoms with Crippen LogP contribution in [0.3, 0.4) is 0 Å². The molecule has 0 bridgehead atoms. The van der Waals surface area contributed by atoms with Crippen LogP contribution in [-0.4, -0.2) is 62.6 Å². The molecule has 1 fully saturated rings. The van der Waals surface area contributed by atoms with Crippen LogP contribution < -0.4 is 10.6 Å². The summed E-state index contributed by atoms with van der Waals surface area (Å²) >= 11 is 0.870. The van der Waals surface area contributed by atoms with Crippen molar-refractivity contribution in [2.75, 3.05) is 18.4 Å². The second-order valence-electron chi connectivity index (χ2n) is 10.3. The maximum atomic E-state index is 14.2. The van der Waals surface area contributed by atoms with Gasteiger partial charge in [-0.2, -0.15) is 0 Å². The highest BCUT2D eigenvalue weighted by Gasteiger charge is 2.33. The third-order valence-corrected chi connectivity index (χ3v) is 7.40. The molecule has 0 spiro atoms. The lowest BCUT2D eigenvalue weighted by atomic mass is 10.1. The van der Waals surface area contributed by atoms with Crippen molar-refractivity contribution in [2.24, 2.45) is 5.92 Å². The number of hydrogen-bond acceptors (Lipinski definition) is 7. The predicted molar refractivity (Wildman–Crippen MR) is 137 cm³/mol. The molecule has 2 aromatic heterocycles. The Morgan fingerprint density at radius 2 is 2.00 bits per heavy atom. The molecule has 3 rings (SSSR count). The van der Waals surface area contributed by atoms with E-state index in [1.165, 1.54) is 12.3 Å². The predicted octanol–water partition coefficient (Wildman–Crippen LogP) is 4.72. The van der Waals surface area contributed by atoms with Gasteiger partial charge in [0.25, 0.3) is 18.2 Å². The van der Waals surface area contributed by atoms with E-state index in [1.807, 2.05) is 27.7 Å². The molecule has 36 heavy (non-hydrogen) atoms. The molecule has 8 nitrogen and oxygen atoms in total. The van der Waals surface area contributed by atoms with E-state index in [9.17, 15) is 23.5 Å². The van der Waals surface area contributed by atoms with Gasteiger partial charge in [0.2, 0.25) is 0 Å². The Labute approximate surface area is 214 Å². The molecule has 0 radical (unpaired) electrons. The van der Waals surface area contributed by atoms with Gasteiger partial charge in [-0.25, -0.2) is 18.7 Å². The fourth-order valence-corrected chi connectivity index (χ4v) is 4.81. The smallest absolute Gasteiger partial charge is 0.280 e. The molecule has 1 aliphatic heterocycles. The van der Waals surface area contributed by atoms with Gasteiger partial charge in [0, 0.05) is 42.5 Å². The number of nitrogens with one attached hydrogen (secondary N) is 2. The number of alkyl halides is 2. The maximum Gasteiger partial charge on any atom is 0.280 e. The minimum atomic E-state index is -2.83. The Morgan fingerprint density at radius 3 is 2.56 bits per heavy atom. The summed E-state index contributed by atoms with van der Waals surface area (Å²) in [7, 11) is 0. The monoisotopic (exact) mass is 523 g/mol. The number of aromatic nitrogens is 2. The van der Waals surface area contributed by atoms with Gasteiger partial charge in [-0.05, 0) is 52.5 Å². The van der Waals surface area contributed by atoms with E-state index in [2.05, 4.69) is 20.6 Å². The van der Waals surface area contributed by atoms with Gasteiger partial charge in [-0.15, -0.1) is 11.3 Å². The van der Waals surface area contributed by atoms with Crippen molar-refractivity contribution in [1.82, 2.24) is 20.2 Å². The van der Waals surface area contributed by atoms with Gasteiger partial charge in [0.15, 0.2) is 5.01 Å². The van der Waals surface area contributed by atoms with Crippen LogP contribution in [0.5, 0.6) is 0 Å². The SMILES string of the molecule is CC(C)C(C)Nc1cc(C(F)F)c(-c2sc(C(=O)NCC(C)(C)O)nc2C(=O)N2CCC[C@@H]2C)cn1. The molecule has 1 aliphatic rings. The van der Waals surface area contributed by atoms with E-state index in [0.29, 0.717) is 12.4 Å². The van der Waals surface area contributed by atoms with Gasteiger partial charge in [-0.1, -0.05) is 13.8 Å². The molecular formula is C25H35F2N5O3S. The van der Waals surface area contributed by atoms with Crippen LogP contribution in [0, 0.1) is 5.92 Å². The van der Waals surface area contributed by atoms with Crippen molar-refractivity contribution in [3.8, 4) is 10.4 Å². The molecule has 2 aromatic rings. The summed E-state index contributed by atoms with van der Waals surface area (Å²) in [5.74, 6) is -0.417. The van der Waals surface area contributed by atoms with Crippen LogP contribution in [0.4, 0.5) is 14.6 Å². The van der Waals surface area contributed by atoms with Crippen molar-refractivity contribution in [3.63, 3.8) is 0 Å². The third-order valence-electron chi connectivity index (χ3n) is 6.31. The molecule has 0 aliphatic carbocycles. The molecule has 0 saturated carbocycles. The van der Waals surface area contributed by atoms with E-state index >= 15 is 0 Å². The lowest BCUT2D eigenvalue weighted by molar-refractivity contribution is 0.0692. The van der Waals surface area contributed by atoms with Crippen LogP contribution >= 0.6 is 11.3 Å². The number of halogens is 2. The highest BCUT2D eigenvalue weighted by molar-refractivity contribution is 7.17. The lowest BCUT2D eigenvalue weighted by Gasteiger charge is -2.21. The largest absolute Gasteiger partial charge is 0.389 e. The first kappa shape index (κ1) is 27.9. The van der Waals surface area contributed by atoms with Crippen LogP contribution in [0.1, 0.15) is 86.7 Å². The minimum absolute atomic E-state index is 0.0112. The quantitative estimate of drug-likeness (QED) is 0.439.